The third-order valence-electron chi connectivity index (χ3n) is 5.01. The molecule has 21 heavy (non-hydrogen) atoms. The summed E-state index contributed by atoms with van der Waals surface area (Å²) in [5.74, 6) is 2.22. The summed E-state index contributed by atoms with van der Waals surface area (Å²) in [6.07, 6.45) is 6.86. The predicted molar refractivity (Wildman–Crippen MR) is 79.8 cm³/mol. The SMILES string of the molecule is CC(C)c1nc(CN2CCCCC2C2CCCC2O)no1. The highest BCUT2D eigenvalue weighted by Gasteiger charge is 2.37. The first-order valence-corrected chi connectivity index (χ1v) is 8.39. The Kier molecular flexibility index (Phi) is 4.60. The van der Waals surface area contributed by atoms with Crippen molar-refractivity contribution in [2.45, 2.75) is 77.0 Å². The van der Waals surface area contributed by atoms with Crippen molar-refractivity contribution in [2.24, 2.45) is 5.92 Å². The van der Waals surface area contributed by atoms with Gasteiger partial charge in [0.2, 0.25) is 5.89 Å². The minimum atomic E-state index is -0.118. The normalized spacial score (nSPS) is 31.1. The second-order valence-corrected chi connectivity index (χ2v) is 6.90. The van der Waals surface area contributed by atoms with Gasteiger partial charge in [-0.25, -0.2) is 0 Å². The van der Waals surface area contributed by atoms with E-state index >= 15 is 0 Å². The molecule has 2 aliphatic rings. The lowest BCUT2D eigenvalue weighted by atomic mass is 9.88. The Labute approximate surface area is 126 Å². The van der Waals surface area contributed by atoms with Crippen LogP contribution in [0.25, 0.3) is 0 Å². The van der Waals surface area contributed by atoms with Crippen molar-refractivity contribution in [3.05, 3.63) is 11.7 Å². The summed E-state index contributed by atoms with van der Waals surface area (Å²) in [5.41, 5.74) is 0. The zero-order chi connectivity index (χ0) is 14.8. The molecule has 1 aliphatic carbocycles. The summed E-state index contributed by atoms with van der Waals surface area (Å²) in [4.78, 5) is 6.97. The van der Waals surface area contributed by atoms with Crippen LogP contribution in [0.15, 0.2) is 4.52 Å². The molecule has 0 aromatic carbocycles. The third kappa shape index (κ3) is 3.29. The average Bonchev–Trinajstić information content (AvgIpc) is 3.09. The molecular formula is C16H27N3O2. The Morgan fingerprint density at radius 1 is 1.24 bits per heavy atom. The van der Waals surface area contributed by atoms with Crippen molar-refractivity contribution in [3.63, 3.8) is 0 Å². The first kappa shape index (κ1) is 15.0. The number of hydrogen-bond acceptors (Lipinski definition) is 5. The Morgan fingerprint density at radius 3 is 2.76 bits per heavy atom. The minimum Gasteiger partial charge on any atom is -0.393 e. The first-order valence-electron chi connectivity index (χ1n) is 8.39. The van der Waals surface area contributed by atoms with Gasteiger partial charge in [-0.1, -0.05) is 31.8 Å². The molecule has 1 aromatic heterocycles. The molecule has 2 heterocycles. The van der Waals surface area contributed by atoms with Crippen LogP contribution < -0.4 is 0 Å². The van der Waals surface area contributed by atoms with Crippen LogP contribution >= 0.6 is 0 Å². The second kappa shape index (κ2) is 6.44. The molecule has 1 N–H and O–H groups in total. The summed E-state index contributed by atoms with van der Waals surface area (Å²) in [5, 5.41) is 14.3. The average molecular weight is 293 g/mol. The highest BCUT2D eigenvalue weighted by Crippen LogP contribution is 2.35. The van der Waals surface area contributed by atoms with Gasteiger partial charge in [0.05, 0.1) is 12.6 Å². The van der Waals surface area contributed by atoms with Gasteiger partial charge in [0.1, 0.15) is 0 Å². The number of hydrogen-bond donors (Lipinski definition) is 1. The molecule has 0 amide bonds. The number of likely N-dealkylation sites (tertiary alicyclic amines) is 1. The highest BCUT2D eigenvalue weighted by atomic mass is 16.5. The van der Waals surface area contributed by atoms with Gasteiger partial charge < -0.3 is 9.63 Å². The summed E-state index contributed by atoms with van der Waals surface area (Å²) in [6.45, 7) is 5.97. The number of aromatic nitrogens is 2. The molecule has 1 aliphatic heterocycles. The number of piperidine rings is 1. The maximum absolute atomic E-state index is 10.2. The van der Waals surface area contributed by atoms with Crippen molar-refractivity contribution in [3.8, 4) is 0 Å². The van der Waals surface area contributed by atoms with Gasteiger partial charge in [-0.2, -0.15) is 4.98 Å². The van der Waals surface area contributed by atoms with E-state index in [4.69, 9.17) is 4.52 Å². The maximum atomic E-state index is 10.2. The van der Waals surface area contributed by atoms with Crippen LogP contribution in [0, 0.1) is 5.92 Å². The molecule has 3 unspecified atom stereocenters. The van der Waals surface area contributed by atoms with Crippen molar-refractivity contribution in [1.29, 1.82) is 0 Å². The highest BCUT2D eigenvalue weighted by molar-refractivity contribution is 4.95. The van der Waals surface area contributed by atoms with E-state index < -0.39 is 0 Å². The molecule has 118 valence electrons. The maximum Gasteiger partial charge on any atom is 0.229 e. The van der Waals surface area contributed by atoms with Gasteiger partial charge in [-0.05, 0) is 32.2 Å². The summed E-state index contributed by atoms with van der Waals surface area (Å²) in [7, 11) is 0. The van der Waals surface area contributed by atoms with Crippen LogP contribution in [-0.2, 0) is 6.54 Å². The lowest BCUT2D eigenvalue weighted by Gasteiger charge is -2.39. The molecule has 2 fully saturated rings. The Bertz CT molecular complexity index is 460. The smallest absolute Gasteiger partial charge is 0.229 e. The van der Waals surface area contributed by atoms with Gasteiger partial charge in [0, 0.05) is 17.9 Å². The van der Waals surface area contributed by atoms with Crippen LogP contribution in [0.2, 0.25) is 0 Å². The van der Waals surface area contributed by atoms with E-state index in [2.05, 4.69) is 28.9 Å². The lowest BCUT2D eigenvalue weighted by molar-refractivity contribution is 0.0297. The van der Waals surface area contributed by atoms with E-state index in [0.29, 0.717) is 12.0 Å². The van der Waals surface area contributed by atoms with Gasteiger partial charge in [0.25, 0.3) is 0 Å². The monoisotopic (exact) mass is 293 g/mol. The van der Waals surface area contributed by atoms with Gasteiger partial charge in [0.15, 0.2) is 5.82 Å². The van der Waals surface area contributed by atoms with Crippen LogP contribution in [0.5, 0.6) is 0 Å². The van der Waals surface area contributed by atoms with Crippen LogP contribution in [0.3, 0.4) is 0 Å². The van der Waals surface area contributed by atoms with Crippen LogP contribution in [0.4, 0.5) is 0 Å². The topological polar surface area (TPSA) is 62.4 Å². The standard InChI is InChI=1S/C16H27N3O2/c1-11(2)16-17-15(18-21-16)10-19-9-4-3-7-13(19)12-6-5-8-14(12)20/h11-14,20H,3-10H2,1-2H3. The minimum absolute atomic E-state index is 0.118. The van der Waals surface area contributed by atoms with E-state index in [1.54, 1.807) is 0 Å². The molecular weight excluding hydrogens is 266 g/mol. The quantitative estimate of drug-likeness (QED) is 0.924. The van der Waals surface area contributed by atoms with Crippen molar-refractivity contribution < 1.29 is 9.63 Å². The second-order valence-electron chi connectivity index (χ2n) is 6.90. The first-order chi connectivity index (χ1) is 10.1. The fourth-order valence-electron chi connectivity index (χ4n) is 3.86. The number of aliphatic hydroxyl groups excluding tert-OH is 1. The van der Waals surface area contributed by atoms with Gasteiger partial charge in [-0.15, -0.1) is 0 Å². The fourth-order valence-corrected chi connectivity index (χ4v) is 3.86. The predicted octanol–water partition coefficient (Wildman–Crippen LogP) is 2.71. The molecule has 5 nitrogen and oxygen atoms in total. The Hall–Kier alpha value is -0.940. The van der Waals surface area contributed by atoms with Crippen molar-refractivity contribution >= 4 is 0 Å². The van der Waals surface area contributed by atoms with Crippen molar-refractivity contribution in [2.75, 3.05) is 6.54 Å². The molecule has 1 aromatic rings. The Balaban J connectivity index is 1.68. The van der Waals surface area contributed by atoms with E-state index in [-0.39, 0.29) is 12.0 Å². The molecule has 3 rings (SSSR count). The Morgan fingerprint density at radius 2 is 2.10 bits per heavy atom. The van der Waals surface area contributed by atoms with E-state index in [0.717, 1.165) is 44.1 Å². The van der Waals surface area contributed by atoms with Gasteiger partial charge in [-0.3, -0.25) is 4.90 Å². The zero-order valence-corrected chi connectivity index (χ0v) is 13.2. The van der Waals surface area contributed by atoms with E-state index in [1.165, 1.54) is 19.3 Å². The molecule has 5 heteroatoms. The van der Waals surface area contributed by atoms with Gasteiger partial charge >= 0.3 is 0 Å². The molecule has 1 saturated carbocycles. The summed E-state index contributed by atoms with van der Waals surface area (Å²) >= 11 is 0. The van der Waals surface area contributed by atoms with Crippen LogP contribution in [0.1, 0.15) is 70.0 Å². The van der Waals surface area contributed by atoms with E-state index in [1.807, 2.05) is 0 Å². The molecule has 0 radical (unpaired) electrons. The molecule has 3 atom stereocenters. The largest absolute Gasteiger partial charge is 0.393 e. The fraction of sp³-hybridized carbons (Fsp3) is 0.875. The zero-order valence-electron chi connectivity index (χ0n) is 13.2. The molecule has 1 saturated heterocycles. The molecule has 0 bridgehead atoms. The number of aliphatic hydroxyl groups is 1. The number of nitrogens with zero attached hydrogens (tertiary/aromatic N) is 3. The van der Waals surface area contributed by atoms with E-state index in [9.17, 15) is 5.11 Å². The molecule has 0 spiro atoms. The van der Waals surface area contributed by atoms with Crippen LogP contribution in [-0.4, -0.2) is 38.8 Å². The third-order valence-corrected chi connectivity index (χ3v) is 5.01. The lowest BCUT2D eigenvalue weighted by Crippen LogP contribution is -2.46. The summed E-state index contributed by atoms with van der Waals surface area (Å²) in [6, 6.07) is 0.484. The number of rotatable bonds is 4. The summed E-state index contributed by atoms with van der Waals surface area (Å²) < 4.78 is 5.31. The van der Waals surface area contributed by atoms with Crippen molar-refractivity contribution in [1.82, 2.24) is 15.0 Å².